The zero-order valence-electron chi connectivity index (χ0n) is 8.50. The number of halogens is 1. The fourth-order valence-corrected chi connectivity index (χ4v) is 1.02. The van der Waals surface area contributed by atoms with E-state index < -0.39 is 0 Å². The Balaban J connectivity index is 2.28. The largest absolute Gasteiger partial charge is 0.353 e. The first kappa shape index (κ1) is 11.2. The molecule has 0 aliphatic carbocycles. The summed E-state index contributed by atoms with van der Waals surface area (Å²) < 4.78 is 0. The lowest BCUT2D eigenvalue weighted by Gasteiger charge is -2.13. The Morgan fingerprint density at radius 3 is 2.64 bits per heavy atom. The topological polar surface area (TPSA) is 41.0 Å². The Kier molecular flexibility index (Phi) is 4.62. The van der Waals surface area contributed by atoms with Gasteiger partial charge < -0.3 is 10.2 Å². The summed E-state index contributed by atoms with van der Waals surface area (Å²) in [5.41, 5.74) is 0. The molecule has 0 aliphatic rings. The van der Waals surface area contributed by atoms with Gasteiger partial charge in [-0.15, -0.1) is 0 Å². The van der Waals surface area contributed by atoms with Crippen molar-refractivity contribution in [3.63, 3.8) is 0 Å². The summed E-state index contributed by atoms with van der Waals surface area (Å²) in [7, 11) is 2.07. The molecule has 14 heavy (non-hydrogen) atoms. The van der Waals surface area contributed by atoms with Crippen LogP contribution in [0.4, 0.5) is 5.95 Å². The minimum Gasteiger partial charge on any atom is -0.353 e. The second-order valence-electron chi connectivity index (χ2n) is 3.05. The first-order valence-electron chi connectivity index (χ1n) is 4.62. The molecule has 0 aliphatic heterocycles. The standard InChI is InChI=1S/C9H15ClN4/c1-3-14(2)5-4-11-9-12-6-8(10)7-13-9/h6-7H,3-5H2,1-2H3,(H,11,12,13). The van der Waals surface area contributed by atoms with Crippen molar-refractivity contribution in [1.82, 2.24) is 14.9 Å². The molecule has 0 aromatic carbocycles. The first-order valence-corrected chi connectivity index (χ1v) is 5.00. The van der Waals surface area contributed by atoms with Gasteiger partial charge in [-0.05, 0) is 13.6 Å². The van der Waals surface area contributed by atoms with Crippen molar-refractivity contribution in [2.45, 2.75) is 6.92 Å². The highest BCUT2D eigenvalue weighted by molar-refractivity contribution is 6.30. The van der Waals surface area contributed by atoms with Gasteiger partial charge in [0.2, 0.25) is 5.95 Å². The lowest BCUT2D eigenvalue weighted by atomic mass is 10.5. The highest BCUT2D eigenvalue weighted by atomic mass is 35.5. The van der Waals surface area contributed by atoms with Gasteiger partial charge in [-0.1, -0.05) is 18.5 Å². The minimum atomic E-state index is 0.557. The lowest BCUT2D eigenvalue weighted by molar-refractivity contribution is 0.367. The maximum absolute atomic E-state index is 5.66. The number of likely N-dealkylation sites (N-methyl/N-ethyl adjacent to an activating group) is 1. The SMILES string of the molecule is CCN(C)CCNc1ncc(Cl)cn1. The molecule has 5 heteroatoms. The van der Waals surface area contributed by atoms with Crippen molar-refractivity contribution < 1.29 is 0 Å². The minimum absolute atomic E-state index is 0.557. The van der Waals surface area contributed by atoms with E-state index in [4.69, 9.17) is 11.6 Å². The molecule has 0 atom stereocenters. The summed E-state index contributed by atoms with van der Waals surface area (Å²) >= 11 is 5.66. The number of hydrogen-bond acceptors (Lipinski definition) is 4. The van der Waals surface area contributed by atoms with E-state index in [1.807, 2.05) is 0 Å². The van der Waals surface area contributed by atoms with Crippen LogP contribution in [0, 0.1) is 0 Å². The number of anilines is 1. The zero-order chi connectivity index (χ0) is 10.4. The Labute approximate surface area is 89.3 Å². The number of hydrogen-bond donors (Lipinski definition) is 1. The van der Waals surface area contributed by atoms with Crippen molar-refractivity contribution in [2.24, 2.45) is 0 Å². The van der Waals surface area contributed by atoms with Crippen molar-refractivity contribution in [3.05, 3.63) is 17.4 Å². The molecule has 0 amide bonds. The molecule has 0 spiro atoms. The van der Waals surface area contributed by atoms with Crippen LogP contribution in [0.15, 0.2) is 12.4 Å². The quantitative estimate of drug-likeness (QED) is 0.807. The second-order valence-corrected chi connectivity index (χ2v) is 3.48. The van der Waals surface area contributed by atoms with E-state index >= 15 is 0 Å². The third-order valence-corrected chi connectivity index (χ3v) is 2.13. The van der Waals surface area contributed by atoms with Gasteiger partial charge in [-0.3, -0.25) is 0 Å². The van der Waals surface area contributed by atoms with E-state index in [1.54, 1.807) is 12.4 Å². The summed E-state index contributed by atoms with van der Waals surface area (Å²) in [5.74, 6) is 0.624. The third kappa shape index (κ3) is 3.89. The summed E-state index contributed by atoms with van der Waals surface area (Å²) in [5, 5.41) is 3.67. The first-order chi connectivity index (χ1) is 6.72. The lowest BCUT2D eigenvalue weighted by Crippen LogP contribution is -2.25. The molecular formula is C9H15ClN4. The average Bonchev–Trinajstić information content (AvgIpc) is 2.21. The van der Waals surface area contributed by atoms with Crippen LogP contribution in [0.3, 0.4) is 0 Å². The van der Waals surface area contributed by atoms with Gasteiger partial charge >= 0.3 is 0 Å². The molecule has 1 aromatic rings. The summed E-state index contributed by atoms with van der Waals surface area (Å²) in [6.45, 7) is 4.98. The molecule has 4 nitrogen and oxygen atoms in total. The van der Waals surface area contributed by atoms with E-state index in [9.17, 15) is 0 Å². The third-order valence-electron chi connectivity index (χ3n) is 1.94. The smallest absolute Gasteiger partial charge is 0.222 e. The monoisotopic (exact) mass is 214 g/mol. The number of nitrogens with one attached hydrogen (secondary N) is 1. The van der Waals surface area contributed by atoms with Crippen LogP contribution in [0.2, 0.25) is 5.02 Å². The Morgan fingerprint density at radius 1 is 1.43 bits per heavy atom. The fourth-order valence-electron chi connectivity index (χ4n) is 0.920. The van der Waals surface area contributed by atoms with Crippen molar-refractivity contribution >= 4 is 17.5 Å². The number of aromatic nitrogens is 2. The maximum atomic E-state index is 5.66. The maximum Gasteiger partial charge on any atom is 0.222 e. The Morgan fingerprint density at radius 2 is 2.07 bits per heavy atom. The Bertz CT molecular complexity index is 262. The Hall–Kier alpha value is -0.870. The van der Waals surface area contributed by atoms with Gasteiger partial charge in [0.15, 0.2) is 0 Å². The number of rotatable bonds is 5. The van der Waals surface area contributed by atoms with E-state index in [0.717, 1.165) is 19.6 Å². The molecule has 78 valence electrons. The van der Waals surface area contributed by atoms with E-state index in [1.165, 1.54) is 0 Å². The number of nitrogens with zero attached hydrogens (tertiary/aromatic N) is 3. The van der Waals surface area contributed by atoms with Crippen LogP contribution >= 0.6 is 11.6 Å². The van der Waals surface area contributed by atoms with Gasteiger partial charge in [-0.2, -0.15) is 0 Å². The molecule has 0 bridgehead atoms. The van der Waals surface area contributed by atoms with Crippen molar-refractivity contribution in [1.29, 1.82) is 0 Å². The van der Waals surface area contributed by atoms with Crippen LogP contribution in [-0.4, -0.2) is 41.5 Å². The van der Waals surface area contributed by atoms with Crippen LogP contribution < -0.4 is 5.32 Å². The van der Waals surface area contributed by atoms with E-state index in [0.29, 0.717) is 11.0 Å². The highest BCUT2D eigenvalue weighted by Crippen LogP contribution is 2.04. The predicted molar refractivity (Wildman–Crippen MR) is 58.7 cm³/mol. The summed E-state index contributed by atoms with van der Waals surface area (Å²) in [6, 6.07) is 0. The molecule has 0 radical (unpaired) electrons. The molecular weight excluding hydrogens is 200 g/mol. The summed E-state index contributed by atoms with van der Waals surface area (Å²) in [6.07, 6.45) is 3.17. The molecule has 0 saturated heterocycles. The van der Waals surface area contributed by atoms with Crippen LogP contribution in [-0.2, 0) is 0 Å². The highest BCUT2D eigenvalue weighted by Gasteiger charge is 1.96. The van der Waals surface area contributed by atoms with Gasteiger partial charge in [-0.25, -0.2) is 9.97 Å². The normalized spacial score (nSPS) is 10.6. The molecule has 0 fully saturated rings. The molecule has 1 N–H and O–H groups in total. The van der Waals surface area contributed by atoms with Gasteiger partial charge in [0.1, 0.15) is 0 Å². The average molecular weight is 215 g/mol. The zero-order valence-corrected chi connectivity index (χ0v) is 9.25. The van der Waals surface area contributed by atoms with Crippen LogP contribution in [0.25, 0.3) is 0 Å². The molecule has 0 unspecified atom stereocenters. The van der Waals surface area contributed by atoms with E-state index in [-0.39, 0.29) is 0 Å². The molecule has 1 aromatic heterocycles. The van der Waals surface area contributed by atoms with Crippen molar-refractivity contribution in [2.75, 3.05) is 32.0 Å². The predicted octanol–water partition coefficient (Wildman–Crippen LogP) is 1.49. The summed E-state index contributed by atoms with van der Waals surface area (Å²) in [4.78, 5) is 10.3. The fraction of sp³-hybridized carbons (Fsp3) is 0.556. The van der Waals surface area contributed by atoms with Gasteiger partial charge in [0.25, 0.3) is 0 Å². The van der Waals surface area contributed by atoms with Gasteiger partial charge in [0, 0.05) is 13.1 Å². The van der Waals surface area contributed by atoms with Crippen molar-refractivity contribution in [3.8, 4) is 0 Å². The van der Waals surface area contributed by atoms with E-state index in [2.05, 4.69) is 34.2 Å². The molecule has 1 heterocycles. The molecule has 0 saturated carbocycles. The van der Waals surface area contributed by atoms with Gasteiger partial charge in [0.05, 0.1) is 17.4 Å². The van der Waals surface area contributed by atoms with Crippen LogP contribution in [0.5, 0.6) is 0 Å². The second kappa shape index (κ2) is 5.78. The molecule has 1 rings (SSSR count). The van der Waals surface area contributed by atoms with Crippen LogP contribution in [0.1, 0.15) is 6.92 Å².